The molecule has 3 unspecified atom stereocenters. The molecule has 10 N–H and O–H groups in total. The van der Waals surface area contributed by atoms with Gasteiger partial charge in [-0.15, -0.1) is 0 Å². The number of aliphatic hydroxyl groups is 1. The highest BCUT2D eigenvalue weighted by atomic mass is 16.4. The second kappa shape index (κ2) is 12.1. The van der Waals surface area contributed by atoms with E-state index in [4.69, 9.17) is 11.5 Å². The zero-order valence-corrected chi connectivity index (χ0v) is 16.4. The molecule has 4 amide bonds. The van der Waals surface area contributed by atoms with Crippen molar-refractivity contribution in [1.82, 2.24) is 16.0 Å². The van der Waals surface area contributed by atoms with Gasteiger partial charge in [-0.05, 0) is 17.7 Å². The number of aliphatic carboxylic acids is 1. The van der Waals surface area contributed by atoms with E-state index < -0.39 is 67.3 Å². The summed E-state index contributed by atoms with van der Waals surface area (Å²) in [6.45, 7) is -1.36. The third kappa shape index (κ3) is 8.67. The van der Waals surface area contributed by atoms with Gasteiger partial charge in [0.1, 0.15) is 23.9 Å². The van der Waals surface area contributed by atoms with Crippen molar-refractivity contribution in [3.05, 3.63) is 29.8 Å². The molecule has 0 radical (unpaired) electrons. The fraction of sp³-hybridized carbons (Fsp3) is 0.389. The highest BCUT2D eigenvalue weighted by molar-refractivity contribution is 5.95. The fourth-order valence-electron chi connectivity index (χ4n) is 2.47. The van der Waals surface area contributed by atoms with Crippen molar-refractivity contribution in [2.45, 2.75) is 31.0 Å². The van der Waals surface area contributed by atoms with E-state index in [0.717, 1.165) is 0 Å². The Morgan fingerprint density at radius 1 is 0.903 bits per heavy atom. The Morgan fingerprint density at radius 2 is 1.45 bits per heavy atom. The van der Waals surface area contributed by atoms with Crippen LogP contribution >= 0.6 is 0 Å². The maximum Gasteiger partial charge on any atom is 0.326 e. The van der Waals surface area contributed by atoms with E-state index in [1.165, 1.54) is 24.3 Å². The Labute approximate surface area is 176 Å². The standard InChI is InChI=1S/C18H25N5O8/c19-7-15(27)21-11(6-14(20)26)16(28)23-13(8-24)17(29)22-12(18(30)31)5-9-1-3-10(25)4-2-9/h1-4,11-13,24-25H,5-8,19H2,(H2,20,26)(H,21,27)(H,22,29)(H,23,28)(H,30,31). The summed E-state index contributed by atoms with van der Waals surface area (Å²) in [5.41, 5.74) is 10.7. The van der Waals surface area contributed by atoms with Crippen LogP contribution in [0.4, 0.5) is 0 Å². The first-order chi connectivity index (χ1) is 14.6. The summed E-state index contributed by atoms with van der Waals surface area (Å²) in [6, 6.07) is 1.22. The number of aliphatic hydroxyl groups excluding tert-OH is 1. The maximum absolute atomic E-state index is 12.4. The van der Waals surface area contributed by atoms with Gasteiger partial charge in [-0.3, -0.25) is 19.2 Å². The highest BCUT2D eigenvalue weighted by Gasteiger charge is 2.30. The topological polar surface area (TPSA) is 234 Å². The van der Waals surface area contributed by atoms with Crippen molar-refractivity contribution >= 4 is 29.6 Å². The molecular formula is C18H25N5O8. The second-order valence-corrected chi connectivity index (χ2v) is 6.51. The number of nitrogens with two attached hydrogens (primary N) is 2. The predicted molar refractivity (Wildman–Crippen MR) is 105 cm³/mol. The predicted octanol–water partition coefficient (Wildman–Crippen LogP) is -3.70. The molecule has 0 spiro atoms. The molecule has 0 aliphatic heterocycles. The summed E-state index contributed by atoms with van der Waals surface area (Å²) in [5.74, 6) is -5.07. The van der Waals surface area contributed by atoms with E-state index in [9.17, 15) is 39.3 Å². The van der Waals surface area contributed by atoms with E-state index in [-0.39, 0.29) is 12.2 Å². The summed E-state index contributed by atoms with van der Waals surface area (Å²) in [7, 11) is 0. The van der Waals surface area contributed by atoms with E-state index in [0.29, 0.717) is 5.56 Å². The molecule has 1 rings (SSSR count). The molecular weight excluding hydrogens is 414 g/mol. The molecule has 0 aromatic heterocycles. The fourth-order valence-corrected chi connectivity index (χ4v) is 2.47. The van der Waals surface area contributed by atoms with Crippen molar-refractivity contribution in [3.8, 4) is 5.75 Å². The molecule has 1 aromatic carbocycles. The van der Waals surface area contributed by atoms with E-state index >= 15 is 0 Å². The van der Waals surface area contributed by atoms with E-state index in [1.807, 2.05) is 0 Å². The molecule has 170 valence electrons. The second-order valence-electron chi connectivity index (χ2n) is 6.51. The number of nitrogens with one attached hydrogen (secondary N) is 3. The smallest absolute Gasteiger partial charge is 0.326 e. The summed E-state index contributed by atoms with van der Waals surface area (Å²) in [4.78, 5) is 58.8. The monoisotopic (exact) mass is 439 g/mol. The number of primary amides is 1. The molecule has 0 bridgehead atoms. The van der Waals surface area contributed by atoms with Crippen LogP contribution in [0.2, 0.25) is 0 Å². The number of carboxylic acid groups (broad SMARTS) is 1. The average molecular weight is 439 g/mol. The zero-order valence-electron chi connectivity index (χ0n) is 16.4. The number of carbonyl (C=O) groups excluding carboxylic acids is 4. The molecule has 1 aromatic rings. The molecule has 0 fully saturated rings. The van der Waals surface area contributed by atoms with Gasteiger partial charge in [-0.25, -0.2) is 4.79 Å². The summed E-state index contributed by atoms with van der Waals surface area (Å²) in [6.07, 6.45) is -0.722. The number of phenols is 1. The zero-order chi connectivity index (χ0) is 23.6. The molecule has 3 atom stereocenters. The quantitative estimate of drug-likeness (QED) is 0.160. The minimum absolute atomic E-state index is 0.0186. The van der Waals surface area contributed by atoms with Crippen molar-refractivity contribution in [2.75, 3.05) is 13.2 Å². The van der Waals surface area contributed by atoms with Gasteiger partial charge in [0.05, 0.1) is 19.6 Å². The SMILES string of the molecule is NCC(=O)NC(CC(N)=O)C(=O)NC(CO)C(=O)NC(Cc1ccc(O)cc1)C(=O)O. The molecule has 0 saturated heterocycles. The van der Waals surface area contributed by atoms with Gasteiger partial charge in [0.2, 0.25) is 23.6 Å². The summed E-state index contributed by atoms with van der Waals surface area (Å²) in [5, 5.41) is 34.6. The first-order valence-electron chi connectivity index (χ1n) is 9.07. The minimum Gasteiger partial charge on any atom is -0.508 e. The number of phenolic OH excluding ortho intramolecular Hbond substituents is 1. The lowest BCUT2D eigenvalue weighted by atomic mass is 10.1. The van der Waals surface area contributed by atoms with E-state index in [2.05, 4.69) is 16.0 Å². The first kappa shape index (κ1) is 25.3. The Balaban J connectivity index is 2.85. The molecule has 13 heteroatoms. The number of carboxylic acids is 1. The third-order valence-electron chi connectivity index (χ3n) is 4.05. The lowest BCUT2D eigenvalue weighted by molar-refractivity contribution is -0.142. The number of carbonyl (C=O) groups is 5. The minimum atomic E-state index is -1.57. The number of hydrogen-bond donors (Lipinski definition) is 8. The summed E-state index contributed by atoms with van der Waals surface area (Å²) < 4.78 is 0. The van der Waals surface area contributed by atoms with Gasteiger partial charge in [-0.2, -0.15) is 0 Å². The van der Waals surface area contributed by atoms with Crippen LogP contribution in [-0.4, -0.2) is 76.2 Å². The van der Waals surface area contributed by atoms with Crippen LogP contribution in [0.5, 0.6) is 5.75 Å². The molecule has 31 heavy (non-hydrogen) atoms. The van der Waals surface area contributed by atoms with Crippen LogP contribution < -0.4 is 27.4 Å². The molecule has 0 saturated carbocycles. The van der Waals surface area contributed by atoms with Crippen molar-refractivity contribution in [3.63, 3.8) is 0 Å². The third-order valence-corrected chi connectivity index (χ3v) is 4.05. The van der Waals surface area contributed by atoms with Crippen LogP contribution in [-0.2, 0) is 30.4 Å². The van der Waals surface area contributed by atoms with Gasteiger partial charge < -0.3 is 42.7 Å². The molecule has 0 aliphatic rings. The number of benzene rings is 1. The number of hydrogen-bond acceptors (Lipinski definition) is 8. The van der Waals surface area contributed by atoms with Crippen LogP contribution in [0.3, 0.4) is 0 Å². The Bertz CT molecular complexity index is 814. The van der Waals surface area contributed by atoms with Crippen LogP contribution in [0.1, 0.15) is 12.0 Å². The Hall–Kier alpha value is -3.71. The lowest BCUT2D eigenvalue weighted by Gasteiger charge is -2.23. The lowest BCUT2D eigenvalue weighted by Crippen LogP contribution is -2.58. The van der Waals surface area contributed by atoms with Gasteiger partial charge in [0.25, 0.3) is 0 Å². The van der Waals surface area contributed by atoms with Crippen molar-refractivity contribution in [2.24, 2.45) is 11.5 Å². The van der Waals surface area contributed by atoms with Crippen LogP contribution in [0.15, 0.2) is 24.3 Å². The Morgan fingerprint density at radius 3 is 1.94 bits per heavy atom. The van der Waals surface area contributed by atoms with Gasteiger partial charge >= 0.3 is 5.97 Å². The van der Waals surface area contributed by atoms with Crippen molar-refractivity contribution < 1.29 is 39.3 Å². The largest absolute Gasteiger partial charge is 0.508 e. The number of amides is 4. The van der Waals surface area contributed by atoms with Gasteiger partial charge in [-0.1, -0.05) is 12.1 Å². The molecule has 0 aliphatic carbocycles. The van der Waals surface area contributed by atoms with Crippen LogP contribution in [0, 0.1) is 0 Å². The van der Waals surface area contributed by atoms with E-state index in [1.54, 1.807) is 0 Å². The normalized spacial score (nSPS) is 13.4. The summed E-state index contributed by atoms with van der Waals surface area (Å²) >= 11 is 0. The van der Waals surface area contributed by atoms with Gasteiger partial charge in [0, 0.05) is 6.42 Å². The molecule has 13 nitrogen and oxygen atoms in total. The molecule has 0 heterocycles. The number of aromatic hydroxyl groups is 1. The average Bonchev–Trinajstić information content (AvgIpc) is 2.71. The maximum atomic E-state index is 12.4. The first-order valence-corrected chi connectivity index (χ1v) is 9.07. The van der Waals surface area contributed by atoms with Gasteiger partial charge in [0.15, 0.2) is 0 Å². The Kier molecular flexibility index (Phi) is 9.88. The van der Waals surface area contributed by atoms with Crippen molar-refractivity contribution in [1.29, 1.82) is 0 Å². The van der Waals surface area contributed by atoms with Crippen LogP contribution in [0.25, 0.3) is 0 Å². The highest BCUT2D eigenvalue weighted by Crippen LogP contribution is 2.11. The number of rotatable bonds is 12.